The van der Waals surface area contributed by atoms with E-state index in [4.69, 9.17) is 33.0 Å². The molecule has 0 saturated heterocycles. The molecule has 0 fully saturated rings. The molecule has 0 heterocycles. The van der Waals surface area contributed by atoms with Crippen LogP contribution in [0.1, 0.15) is 11.1 Å². The minimum Gasteiger partial charge on any atom is -0.488 e. The van der Waals surface area contributed by atoms with Gasteiger partial charge in [0.05, 0.1) is 5.56 Å². The Morgan fingerprint density at radius 3 is 2.67 bits per heavy atom. The van der Waals surface area contributed by atoms with Gasteiger partial charge in [-0.2, -0.15) is 0 Å². The highest BCUT2D eigenvalue weighted by atomic mass is 35.5. The third kappa shape index (κ3) is 4.37. The molecule has 2 aromatic rings. The summed E-state index contributed by atoms with van der Waals surface area (Å²) in [7, 11) is 0. The number of aliphatic hydroxyl groups is 1. The average molecular weight is 325 g/mol. The van der Waals surface area contributed by atoms with Gasteiger partial charge >= 0.3 is 0 Å². The molecule has 0 spiro atoms. The van der Waals surface area contributed by atoms with E-state index in [2.05, 4.69) is 11.8 Å². The predicted octanol–water partition coefficient (Wildman–Crippen LogP) is 4.06. The number of halogens is 3. The molecule has 0 aliphatic carbocycles. The molecule has 2 nitrogen and oxygen atoms in total. The van der Waals surface area contributed by atoms with Crippen molar-refractivity contribution in [3.63, 3.8) is 0 Å². The van der Waals surface area contributed by atoms with Crippen molar-refractivity contribution >= 4 is 23.2 Å². The molecule has 1 N–H and O–H groups in total. The molecule has 0 radical (unpaired) electrons. The van der Waals surface area contributed by atoms with Gasteiger partial charge in [0.2, 0.25) is 0 Å². The lowest BCUT2D eigenvalue weighted by Gasteiger charge is -2.10. The lowest BCUT2D eigenvalue weighted by molar-refractivity contribution is 0.305. The molecular weight excluding hydrogens is 314 g/mol. The summed E-state index contributed by atoms with van der Waals surface area (Å²) in [5, 5.41) is 9.75. The summed E-state index contributed by atoms with van der Waals surface area (Å²) in [5.74, 6) is 5.11. The van der Waals surface area contributed by atoms with Crippen LogP contribution in [0.25, 0.3) is 0 Å². The molecule has 0 aliphatic rings. The van der Waals surface area contributed by atoms with Crippen molar-refractivity contribution in [2.75, 3.05) is 6.61 Å². The Bertz CT molecular complexity index is 705. The monoisotopic (exact) mass is 324 g/mol. The number of ether oxygens (including phenoxy) is 1. The first-order valence-corrected chi connectivity index (χ1v) is 6.82. The maximum Gasteiger partial charge on any atom is 0.135 e. The largest absolute Gasteiger partial charge is 0.488 e. The summed E-state index contributed by atoms with van der Waals surface area (Å²) in [6, 6.07) is 9.11. The van der Waals surface area contributed by atoms with Crippen molar-refractivity contribution in [1.82, 2.24) is 0 Å². The van der Waals surface area contributed by atoms with Crippen LogP contribution >= 0.6 is 23.2 Å². The highest BCUT2D eigenvalue weighted by Gasteiger charge is 2.06. The SMILES string of the molecule is OCC#Cc1cc(F)ccc1OCc1ccc(Cl)cc1Cl. The van der Waals surface area contributed by atoms with Gasteiger partial charge in [-0.25, -0.2) is 4.39 Å². The first-order chi connectivity index (χ1) is 10.1. The molecule has 0 saturated carbocycles. The average Bonchev–Trinajstić information content (AvgIpc) is 2.45. The molecule has 0 aromatic heterocycles. The van der Waals surface area contributed by atoms with Gasteiger partial charge in [0.25, 0.3) is 0 Å². The van der Waals surface area contributed by atoms with Gasteiger partial charge in [0.1, 0.15) is 24.8 Å². The molecule has 0 atom stereocenters. The highest BCUT2D eigenvalue weighted by Crippen LogP contribution is 2.24. The summed E-state index contributed by atoms with van der Waals surface area (Å²) in [4.78, 5) is 0. The van der Waals surface area contributed by atoms with Crippen molar-refractivity contribution in [3.8, 4) is 17.6 Å². The topological polar surface area (TPSA) is 29.5 Å². The van der Waals surface area contributed by atoms with Gasteiger partial charge in [0, 0.05) is 15.6 Å². The third-order valence-corrected chi connectivity index (χ3v) is 3.23. The van der Waals surface area contributed by atoms with Crippen LogP contribution in [0.15, 0.2) is 36.4 Å². The normalized spacial score (nSPS) is 9.90. The maximum absolute atomic E-state index is 13.2. The minimum atomic E-state index is -0.422. The summed E-state index contributed by atoms with van der Waals surface area (Å²) in [6.07, 6.45) is 0. The number of hydrogen-bond donors (Lipinski definition) is 1. The molecule has 0 bridgehead atoms. The van der Waals surface area contributed by atoms with Crippen LogP contribution < -0.4 is 4.74 Å². The lowest BCUT2D eigenvalue weighted by Crippen LogP contribution is -1.98. The first kappa shape index (κ1) is 15.7. The molecule has 21 heavy (non-hydrogen) atoms. The van der Waals surface area contributed by atoms with E-state index < -0.39 is 5.82 Å². The van der Waals surface area contributed by atoms with Gasteiger partial charge in [-0.05, 0) is 30.3 Å². The van der Waals surface area contributed by atoms with Gasteiger partial charge in [-0.1, -0.05) is 41.1 Å². The van der Waals surface area contributed by atoms with Crippen LogP contribution in [-0.4, -0.2) is 11.7 Å². The second-order valence-corrected chi connectivity index (χ2v) is 4.97. The maximum atomic E-state index is 13.2. The van der Waals surface area contributed by atoms with Gasteiger partial charge in [-0.3, -0.25) is 0 Å². The zero-order valence-corrected chi connectivity index (χ0v) is 12.4. The molecule has 108 valence electrons. The predicted molar refractivity (Wildman–Crippen MR) is 81.2 cm³/mol. The Balaban J connectivity index is 2.19. The van der Waals surface area contributed by atoms with E-state index in [-0.39, 0.29) is 13.2 Å². The van der Waals surface area contributed by atoms with E-state index in [1.165, 1.54) is 18.2 Å². The zero-order valence-electron chi connectivity index (χ0n) is 10.9. The van der Waals surface area contributed by atoms with Gasteiger partial charge in [-0.15, -0.1) is 0 Å². The van der Waals surface area contributed by atoms with Crippen molar-refractivity contribution in [2.45, 2.75) is 6.61 Å². The van der Waals surface area contributed by atoms with Crippen molar-refractivity contribution in [1.29, 1.82) is 0 Å². The van der Waals surface area contributed by atoms with Crippen LogP contribution in [0.5, 0.6) is 5.75 Å². The van der Waals surface area contributed by atoms with Crippen LogP contribution in [0, 0.1) is 17.7 Å². The standard InChI is InChI=1S/C16H11Cl2FO2/c17-13-4-3-12(15(18)9-13)10-21-16-6-5-14(19)8-11(16)2-1-7-20/h3-6,8-9,20H,7,10H2. The van der Waals surface area contributed by atoms with E-state index in [0.717, 1.165) is 5.56 Å². The molecule has 0 unspecified atom stereocenters. The summed E-state index contributed by atoms with van der Waals surface area (Å²) in [6.45, 7) is -0.103. The molecule has 2 rings (SSSR count). The third-order valence-electron chi connectivity index (χ3n) is 2.64. The smallest absolute Gasteiger partial charge is 0.135 e. The van der Waals surface area contributed by atoms with Crippen LogP contribution in [0.2, 0.25) is 10.0 Å². The van der Waals surface area contributed by atoms with Gasteiger partial charge in [0.15, 0.2) is 0 Å². The van der Waals surface area contributed by atoms with Crippen LogP contribution in [-0.2, 0) is 6.61 Å². The van der Waals surface area contributed by atoms with Crippen molar-refractivity contribution < 1.29 is 14.2 Å². The first-order valence-electron chi connectivity index (χ1n) is 6.06. The van der Waals surface area contributed by atoms with Crippen LogP contribution in [0.4, 0.5) is 4.39 Å². The summed E-state index contributed by atoms with van der Waals surface area (Å²) >= 11 is 11.9. The fourth-order valence-electron chi connectivity index (χ4n) is 1.65. The number of rotatable bonds is 3. The molecule has 0 amide bonds. The molecule has 0 aliphatic heterocycles. The second kappa shape index (κ2) is 7.33. The fraction of sp³-hybridized carbons (Fsp3) is 0.125. The Hall–Kier alpha value is -1.73. The Kier molecular flexibility index (Phi) is 5.46. The van der Waals surface area contributed by atoms with Crippen molar-refractivity contribution in [2.24, 2.45) is 0 Å². The number of hydrogen-bond acceptors (Lipinski definition) is 2. The Labute approximate surface area is 132 Å². The quantitative estimate of drug-likeness (QED) is 0.863. The van der Waals surface area contributed by atoms with Crippen LogP contribution in [0.3, 0.4) is 0 Å². The highest BCUT2D eigenvalue weighted by molar-refractivity contribution is 6.35. The fourth-order valence-corrected chi connectivity index (χ4v) is 2.12. The van der Waals surface area contributed by atoms with E-state index in [0.29, 0.717) is 21.4 Å². The minimum absolute atomic E-state index is 0.204. The molecule has 2 aromatic carbocycles. The van der Waals surface area contributed by atoms with E-state index >= 15 is 0 Å². The number of benzene rings is 2. The number of aliphatic hydroxyl groups excluding tert-OH is 1. The summed E-state index contributed by atoms with van der Waals surface area (Å²) < 4.78 is 18.8. The molecule has 5 heteroatoms. The van der Waals surface area contributed by atoms with E-state index in [1.54, 1.807) is 18.2 Å². The summed E-state index contributed by atoms with van der Waals surface area (Å²) in [5.41, 5.74) is 1.13. The Morgan fingerprint density at radius 2 is 1.95 bits per heavy atom. The molecular formula is C16H11Cl2FO2. The zero-order chi connectivity index (χ0) is 15.2. The van der Waals surface area contributed by atoms with Gasteiger partial charge < -0.3 is 9.84 Å². The second-order valence-electron chi connectivity index (χ2n) is 4.12. The lowest BCUT2D eigenvalue weighted by atomic mass is 10.2. The van der Waals surface area contributed by atoms with E-state index in [9.17, 15) is 4.39 Å². The van der Waals surface area contributed by atoms with E-state index in [1.807, 2.05) is 0 Å². The van der Waals surface area contributed by atoms with Crippen molar-refractivity contribution in [3.05, 3.63) is 63.4 Å². The Morgan fingerprint density at radius 1 is 1.14 bits per heavy atom.